The van der Waals surface area contributed by atoms with Crippen LogP contribution in [-0.2, 0) is 4.79 Å². The normalized spacial score (nSPS) is 16.2. The van der Waals surface area contributed by atoms with Gasteiger partial charge in [0.25, 0.3) is 0 Å². The van der Waals surface area contributed by atoms with E-state index in [0.29, 0.717) is 16.5 Å². The molecule has 0 spiro atoms. The molecular formula is C21H19ClN4O3. The van der Waals surface area contributed by atoms with Crippen molar-refractivity contribution in [3.63, 3.8) is 0 Å². The van der Waals surface area contributed by atoms with Crippen molar-refractivity contribution in [1.82, 2.24) is 9.97 Å². The van der Waals surface area contributed by atoms with Gasteiger partial charge in [-0.15, -0.1) is 0 Å². The highest BCUT2D eigenvalue weighted by Gasteiger charge is 2.27. The summed E-state index contributed by atoms with van der Waals surface area (Å²) in [6, 6.07) is 11.1. The average molecular weight is 411 g/mol. The minimum Gasteiger partial charge on any atom is -0.454 e. The van der Waals surface area contributed by atoms with Gasteiger partial charge < -0.3 is 19.7 Å². The molecule has 2 aliphatic heterocycles. The van der Waals surface area contributed by atoms with Crippen molar-refractivity contribution in [2.24, 2.45) is 5.92 Å². The SMILES string of the molecule is O=C(Nc1ccc2c(c1)OCO2)C1CCN(c2ncnc3cc(Cl)ccc23)CC1. The van der Waals surface area contributed by atoms with Gasteiger partial charge in [0.05, 0.1) is 5.52 Å². The maximum Gasteiger partial charge on any atom is 0.231 e. The molecule has 0 bridgehead atoms. The summed E-state index contributed by atoms with van der Waals surface area (Å²) in [6.07, 6.45) is 3.08. The van der Waals surface area contributed by atoms with Crippen LogP contribution < -0.4 is 19.7 Å². The Morgan fingerprint density at radius 1 is 1.07 bits per heavy atom. The lowest BCUT2D eigenvalue weighted by atomic mass is 9.95. The monoisotopic (exact) mass is 410 g/mol. The van der Waals surface area contributed by atoms with Crippen LogP contribution in [-0.4, -0.2) is 35.8 Å². The number of nitrogens with one attached hydrogen (secondary N) is 1. The predicted molar refractivity (Wildman–Crippen MR) is 111 cm³/mol. The van der Waals surface area contributed by atoms with Crippen molar-refractivity contribution in [2.75, 3.05) is 30.1 Å². The third-order valence-corrected chi connectivity index (χ3v) is 5.62. The Hall–Kier alpha value is -3.06. The van der Waals surface area contributed by atoms with E-state index in [1.807, 2.05) is 30.3 Å². The second kappa shape index (κ2) is 7.40. The van der Waals surface area contributed by atoms with Crippen LogP contribution in [0.2, 0.25) is 5.02 Å². The van der Waals surface area contributed by atoms with E-state index in [2.05, 4.69) is 20.2 Å². The number of carbonyl (C=O) groups is 1. The number of aromatic nitrogens is 2. The molecule has 0 atom stereocenters. The van der Waals surface area contributed by atoms with Gasteiger partial charge in [-0.2, -0.15) is 0 Å². The fraction of sp³-hybridized carbons (Fsp3) is 0.286. The van der Waals surface area contributed by atoms with E-state index in [-0.39, 0.29) is 18.6 Å². The summed E-state index contributed by atoms with van der Waals surface area (Å²) in [7, 11) is 0. The molecule has 2 aromatic carbocycles. The molecule has 0 saturated carbocycles. The number of hydrogen-bond donors (Lipinski definition) is 1. The Morgan fingerprint density at radius 3 is 2.76 bits per heavy atom. The van der Waals surface area contributed by atoms with Crippen LogP contribution in [0, 0.1) is 5.92 Å². The fourth-order valence-electron chi connectivity index (χ4n) is 3.84. The average Bonchev–Trinajstić information content (AvgIpc) is 3.21. The summed E-state index contributed by atoms with van der Waals surface area (Å²) in [5.74, 6) is 2.24. The van der Waals surface area contributed by atoms with Gasteiger partial charge in [0, 0.05) is 41.2 Å². The molecular weight excluding hydrogens is 392 g/mol. The number of halogens is 1. The number of hydrogen-bond acceptors (Lipinski definition) is 6. The molecule has 0 aliphatic carbocycles. The fourth-order valence-corrected chi connectivity index (χ4v) is 4.01. The molecule has 1 N–H and O–H groups in total. The Labute approximate surface area is 172 Å². The second-order valence-electron chi connectivity index (χ2n) is 7.18. The lowest BCUT2D eigenvalue weighted by Crippen LogP contribution is -2.38. The van der Waals surface area contributed by atoms with Gasteiger partial charge in [-0.3, -0.25) is 4.79 Å². The van der Waals surface area contributed by atoms with Gasteiger partial charge in [0.1, 0.15) is 12.1 Å². The van der Waals surface area contributed by atoms with E-state index < -0.39 is 0 Å². The first kappa shape index (κ1) is 18.0. The molecule has 1 saturated heterocycles. The van der Waals surface area contributed by atoms with Crippen LogP contribution >= 0.6 is 11.6 Å². The molecule has 0 unspecified atom stereocenters. The predicted octanol–water partition coefficient (Wildman–Crippen LogP) is 3.87. The standard InChI is InChI=1S/C21H19ClN4O3/c22-14-1-3-16-17(9-14)23-11-24-20(16)26-7-5-13(6-8-26)21(27)25-15-2-4-18-19(10-15)29-12-28-18/h1-4,9-11,13H,5-8,12H2,(H,25,27). The summed E-state index contributed by atoms with van der Waals surface area (Å²) in [4.78, 5) is 23.7. The first-order chi connectivity index (χ1) is 14.2. The van der Waals surface area contributed by atoms with E-state index in [1.165, 1.54) is 0 Å². The maximum atomic E-state index is 12.7. The number of piperidine rings is 1. The van der Waals surface area contributed by atoms with Crippen LogP contribution in [0.4, 0.5) is 11.5 Å². The van der Waals surface area contributed by atoms with Gasteiger partial charge in [0.15, 0.2) is 11.5 Å². The van der Waals surface area contributed by atoms with Gasteiger partial charge in [0.2, 0.25) is 12.7 Å². The first-order valence-corrected chi connectivity index (χ1v) is 9.91. The summed E-state index contributed by atoms with van der Waals surface area (Å²) in [5, 5.41) is 4.62. The Bertz CT molecular complexity index is 1080. The molecule has 29 heavy (non-hydrogen) atoms. The maximum absolute atomic E-state index is 12.7. The van der Waals surface area contributed by atoms with Crippen LogP contribution in [0.1, 0.15) is 12.8 Å². The van der Waals surface area contributed by atoms with Crippen LogP contribution in [0.3, 0.4) is 0 Å². The highest BCUT2D eigenvalue weighted by molar-refractivity contribution is 6.31. The smallest absolute Gasteiger partial charge is 0.231 e. The second-order valence-corrected chi connectivity index (χ2v) is 7.61. The molecule has 0 radical (unpaired) electrons. The van der Waals surface area contributed by atoms with Crippen molar-refractivity contribution in [3.05, 3.63) is 47.7 Å². The van der Waals surface area contributed by atoms with Gasteiger partial charge in [-0.05, 0) is 43.2 Å². The molecule has 1 amide bonds. The minimum absolute atomic E-state index is 0.0304. The zero-order valence-electron chi connectivity index (χ0n) is 15.6. The number of ether oxygens (including phenoxy) is 2. The number of nitrogens with zero attached hydrogens (tertiary/aromatic N) is 3. The van der Waals surface area contributed by atoms with E-state index in [0.717, 1.165) is 48.3 Å². The molecule has 8 heteroatoms. The highest BCUT2D eigenvalue weighted by Crippen LogP contribution is 2.35. The molecule has 5 rings (SSSR count). The Morgan fingerprint density at radius 2 is 1.90 bits per heavy atom. The Kier molecular flexibility index (Phi) is 4.60. The van der Waals surface area contributed by atoms with Gasteiger partial charge in [-0.1, -0.05) is 11.6 Å². The van der Waals surface area contributed by atoms with Gasteiger partial charge in [-0.25, -0.2) is 9.97 Å². The van der Waals surface area contributed by atoms with Crippen molar-refractivity contribution < 1.29 is 14.3 Å². The summed E-state index contributed by atoms with van der Waals surface area (Å²) in [5.41, 5.74) is 1.55. The molecule has 1 aromatic heterocycles. The van der Waals surface area contributed by atoms with Crippen molar-refractivity contribution >= 4 is 39.9 Å². The molecule has 2 aliphatic rings. The quantitative estimate of drug-likeness (QED) is 0.706. The van der Waals surface area contributed by atoms with Gasteiger partial charge >= 0.3 is 0 Å². The van der Waals surface area contributed by atoms with E-state index in [4.69, 9.17) is 21.1 Å². The van der Waals surface area contributed by atoms with Crippen LogP contribution in [0.25, 0.3) is 10.9 Å². The third-order valence-electron chi connectivity index (χ3n) is 5.38. The third kappa shape index (κ3) is 3.53. The zero-order valence-corrected chi connectivity index (χ0v) is 16.4. The lowest BCUT2D eigenvalue weighted by Gasteiger charge is -2.32. The number of anilines is 2. The van der Waals surface area contributed by atoms with E-state index >= 15 is 0 Å². The molecule has 3 aromatic rings. The summed E-state index contributed by atoms with van der Waals surface area (Å²) < 4.78 is 10.7. The molecule has 7 nitrogen and oxygen atoms in total. The largest absolute Gasteiger partial charge is 0.454 e. The molecule has 1 fully saturated rings. The van der Waals surface area contributed by atoms with Crippen molar-refractivity contribution in [3.8, 4) is 11.5 Å². The Balaban J connectivity index is 1.25. The van der Waals surface area contributed by atoms with E-state index in [9.17, 15) is 4.79 Å². The summed E-state index contributed by atoms with van der Waals surface area (Å²) in [6.45, 7) is 1.73. The van der Waals surface area contributed by atoms with Crippen molar-refractivity contribution in [1.29, 1.82) is 0 Å². The van der Waals surface area contributed by atoms with Crippen LogP contribution in [0.5, 0.6) is 11.5 Å². The van der Waals surface area contributed by atoms with Crippen molar-refractivity contribution in [2.45, 2.75) is 12.8 Å². The van der Waals surface area contributed by atoms with E-state index in [1.54, 1.807) is 12.4 Å². The number of rotatable bonds is 3. The number of benzene rings is 2. The topological polar surface area (TPSA) is 76.6 Å². The summed E-state index contributed by atoms with van der Waals surface area (Å²) >= 11 is 6.08. The first-order valence-electron chi connectivity index (χ1n) is 9.53. The molecule has 3 heterocycles. The molecule has 148 valence electrons. The number of amides is 1. The number of fused-ring (bicyclic) bond motifs is 2. The van der Waals surface area contributed by atoms with Crippen LogP contribution in [0.15, 0.2) is 42.7 Å². The highest BCUT2D eigenvalue weighted by atomic mass is 35.5. The number of carbonyl (C=O) groups excluding carboxylic acids is 1. The zero-order chi connectivity index (χ0) is 19.8. The minimum atomic E-state index is -0.0424. The lowest BCUT2D eigenvalue weighted by molar-refractivity contribution is -0.120.